The second-order valence-corrected chi connectivity index (χ2v) is 5.81. The van der Waals surface area contributed by atoms with E-state index in [1.165, 1.54) is 0 Å². The summed E-state index contributed by atoms with van der Waals surface area (Å²) in [5.41, 5.74) is 0. The zero-order valence-electron chi connectivity index (χ0n) is 11.6. The van der Waals surface area contributed by atoms with Gasteiger partial charge < -0.3 is 10.2 Å². The van der Waals surface area contributed by atoms with Gasteiger partial charge in [0.2, 0.25) is 11.8 Å². The highest BCUT2D eigenvalue weighted by molar-refractivity contribution is 7.10. The Hall–Kier alpha value is -1.36. The average molecular weight is 280 g/mol. The molecule has 0 bridgehead atoms. The van der Waals surface area contributed by atoms with E-state index in [0.29, 0.717) is 12.8 Å². The van der Waals surface area contributed by atoms with Gasteiger partial charge in [-0.3, -0.25) is 9.59 Å². The van der Waals surface area contributed by atoms with Crippen LogP contribution < -0.4 is 5.32 Å². The lowest BCUT2D eigenvalue weighted by molar-refractivity contribution is -0.152. The van der Waals surface area contributed by atoms with Crippen LogP contribution in [0.1, 0.15) is 44.5 Å². The van der Waals surface area contributed by atoms with Gasteiger partial charge >= 0.3 is 0 Å². The van der Waals surface area contributed by atoms with Gasteiger partial charge in [-0.1, -0.05) is 19.9 Å². The largest absolute Gasteiger partial charge is 0.343 e. The fraction of sp³-hybridized carbons (Fsp3) is 0.571. The molecule has 1 aliphatic rings. The summed E-state index contributed by atoms with van der Waals surface area (Å²) in [6, 6.07) is 3.22. The molecule has 1 aliphatic heterocycles. The summed E-state index contributed by atoms with van der Waals surface area (Å²) in [5.74, 6) is 0.00667. The average Bonchev–Trinajstić information content (AvgIpc) is 2.93. The minimum Gasteiger partial charge on any atom is -0.343 e. The molecule has 3 unspecified atom stereocenters. The van der Waals surface area contributed by atoms with Crippen molar-refractivity contribution in [3.8, 4) is 0 Å². The zero-order chi connectivity index (χ0) is 14.0. The topological polar surface area (TPSA) is 49.4 Å². The summed E-state index contributed by atoms with van der Waals surface area (Å²) in [6.07, 6.45) is 1.28. The standard InChI is InChI=1S/C14H20N2O2S/c1-4-10-14(18)16(11(5-2)13(17)15-10)9(3)12-7-6-8-19-12/h6-11H,4-5H2,1-3H3,(H,15,17). The Balaban J connectivity index is 2.31. The Morgan fingerprint density at radius 1 is 1.37 bits per heavy atom. The van der Waals surface area contributed by atoms with Gasteiger partial charge in [0.05, 0.1) is 6.04 Å². The lowest BCUT2D eigenvalue weighted by Gasteiger charge is -2.41. The summed E-state index contributed by atoms with van der Waals surface area (Å²) in [4.78, 5) is 27.5. The van der Waals surface area contributed by atoms with E-state index in [9.17, 15) is 9.59 Å². The number of hydrogen-bond donors (Lipinski definition) is 1. The van der Waals surface area contributed by atoms with Crippen LogP contribution in [-0.2, 0) is 9.59 Å². The van der Waals surface area contributed by atoms with Crippen molar-refractivity contribution in [2.45, 2.75) is 51.7 Å². The van der Waals surface area contributed by atoms with Gasteiger partial charge in [-0.05, 0) is 31.2 Å². The molecule has 2 heterocycles. The maximum Gasteiger partial charge on any atom is 0.246 e. The summed E-state index contributed by atoms with van der Waals surface area (Å²) < 4.78 is 0. The maximum atomic E-state index is 12.5. The third-order valence-electron chi connectivity index (χ3n) is 3.67. The lowest BCUT2D eigenvalue weighted by atomic mass is 10.0. The predicted octanol–water partition coefficient (Wildman–Crippen LogP) is 2.32. The quantitative estimate of drug-likeness (QED) is 0.920. The van der Waals surface area contributed by atoms with Crippen LogP contribution in [0.3, 0.4) is 0 Å². The molecule has 19 heavy (non-hydrogen) atoms. The highest BCUT2D eigenvalue weighted by Crippen LogP contribution is 2.30. The number of thiophene rings is 1. The van der Waals surface area contributed by atoms with E-state index in [0.717, 1.165) is 4.88 Å². The Labute approximate surface area is 117 Å². The molecule has 0 spiro atoms. The number of piperazine rings is 1. The molecule has 1 fully saturated rings. The predicted molar refractivity (Wildman–Crippen MR) is 75.9 cm³/mol. The van der Waals surface area contributed by atoms with Crippen molar-refractivity contribution in [3.63, 3.8) is 0 Å². The summed E-state index contributed by atoms with van der Waals surface area (Å²) in [5, 5.41) is 4.82. The smallest absolute Gasteiger partial charge is 0.246 e. The van der Waals surface area contributed by atoms with Crippen LogP contribution >= 0.6 is 11.3 Å². The molecule has 5 heteroatoms. The normalized spacial score (nSPS) is 25.3. The molecular formula is C14H20N2O2S. The van der Waals surface area contributed by atoms with E-state index in [-0.39, 0.29) is 29.9 Å². The van der Waals surface area contributed by atoms with Crippen LogP contribution in [0.2, 0.25) is 0 Å². The first-order valence-corrected chi connectivity index (χ1v) is 7.64. The van der Waals surface area contributed by atoms with Crippen molar-refractivity contribution in [1.82, 2.24) is 10.2 Å². The van der Waals surface area contributed by atoms with E-state index < -0.39 is 0 Å². The summed E-state index contributed by atoms with van der Waals surface area (Å²) in [6.45, 7) is 5.86. The van der Waals surface area contributed by atoms with Crippen LogP contribution in [-0.4, -0.2) is 28.8 Å². The second kappa shape index (κ2) is 5.74. The molecule has 3 atom stereocenters. The van der Waals surface area contributed by atoms with Gasteiger partial charge in [-0.15, -0.1) is 11.3 Å². The second-order valence-electron chi connectivity index (χ2n) is 4.83. The maximum absolute atomic E-state index is 12.5. The molecule has 4 nitrogen and oxygen atoms in total. The minimum atomic E-state index is -0.377. The molecule has 0 radical (unpaired) electrons. The summed E-state index contributed by atoms with van der Waals surface area (Å²) >= 11 is 1.62. The van der Waals surface area contributed by atoms with Crippen molar-refractivity contribution in [1.29, 1.82) is 0 Å². The number of nitrogens with zero attached hydrogens (tertiary/aromatic N) is 1. The monoisotopic (exact) mass is 280 g/mol. The number of nitrogens with one attached hydrogen (secondary N) is 1. The molecule has 0 aliphatic carbocycles. The van der Waals surface area contributed by atoms with Crippen molar-refractivity contribution < 1.29 is 9.59 Å². The number of carbonyl (C=O) groups excluding carboxylic acids is 2. The van der Waals surface area contributed by atoms with Crippen molar-refractivity contribution in [2.75, 3.05) is 0 Å². The molecule has 0 aromatic carbocycles. The van der Waals surface area contributed by atoms with Crippen LogP contribution in [0, 0.1) is 0 Å². The molecule has 1 aromatic rings. The third kappa shape index (κ3) is 2.52. The molecule has 104 valence electrons. The Kier molecular flexibility index (Phi) is 4.24. The Morgan fingerprint density at radius 3 is 2.63 bits per heavy atom. The third-order valence-corrected chi connectivity index (χ3v) is 4.72. The molecule has 1 N–H and O–H groups in total. The SMILES string of the molecule is CCC1NC(=O)C(CC)N(C(C)c2cccs2)C1=O. The lowest BCUT2D eigenvalue weighted by Crippen LogP contribution is -2.63. The van der Waals surface area contributed by atoms with Crippen molar-refractivity contribution in [3.05, 3.63) is 22.4 Å². The van der Waals surface area contributed by atoms with Gasteiger partial charge in [-0.2, -0.15) is 0 Å². The van der Waals surface area contributed by atoms with Crippen molar-refractivity contribution in [2.24, 2.45) is 0 Å². The molecule has 2 rings (SSSR count). The van der Waals surface area contributed by atoms with Gasteiger partial charge in [0.15, 0.2) is 0 Å². The van der Waals surface area contributed by atoms with E-state index in [1.807, 2.05) is 38.3 Å². The fourth-order valence-electron chi connectivity index (χ4n) is 2.58. The minimum absolute atomic E-state index is 0.0302. The highest BCUT2D eigenvalue weighted by Gasteiger charge is 2.41. The zero-order valence-corrected chi connectivity index (χ0v) is 12.4. The number of rotatable bonds is 4. The van der Waals surface area contributed by atoms with Crippen molar-refractivity contribution >= 4 is 23.2 Å². The number of amides is 2. The molecular weight excluding hydrogens is 260 g/mol. The molecule has 1 saturated heterocycles. The Bertz CT molecular complexity index is 458. The van der Waals surface area contributed by atoms with Gasteiger partial charge in [0.1, 0.15) is 12.1 Å². The molecule has 1 aromatic heterocycles. The van der Waals surface area contributed by atoms with Gasteiger partial charge in [-0.25, -0.2) is 0 Å². The summed E-state index contributed by atoms with van der Waals surface area (Å²) in [7, 11) is 0. The van der Waals surface area contributed by atoms with Crippen LogP contribution in [0.5, 0.6) is 0 Å². The van der Waals surface area contributed by atoms with Crippen LogP contribution in [0.25, 0.3) is 0 Å². The Morgan fingerprint density at radius 2 is 2.11 bits per heavy atom. The first-order chi connectivity index (χ1) is 9.10. The van der Waals surface area contributed by atoms with Gasteiger partial charge in [0, 0.05) is 4.88 Å². The number of hydrogen-bond acceptors (Lipinski definition) is 3. The van der Waals surface area contributed by atoms with E-state index in [1.54, 1.807) is 16.2 Å². The van der Waals surface area contributed by atoms with E-state index in [2.05, 4.69) is 5.32 Å². The number of carbonyl (C=O) groups is 2. The fourth-order valence-corrected chi connectivity index (χ4v) is 3.36. The van der Waals surface area contributed by atoms with Crippen LogP contribution in [0.4, 0.5) is 0 Å². The molecule has 0 saturated carbocycles. The molecule has 2 amide bonds. The van der Waals surface area contributed by atoms with Gasteiger partial charge in [0.25, 0.3) is 0 Å². The van der Waals surface area contributed by atoms with E-state index >= 15 is 0 Å². The van der Waals surface area contributed by atoms with Crippen LogP contribution in [0.15, 0.2) is 17.5 Å². The van der Waals surface area contributed by atoms with E-state index in [4.69, 9.17) is 0 Å². The highest BCUT2D eigenvalue weighted by atomic mass is 32.1. The first-order valence-electron chi connectivity index (χ1n) is 6.76. The first kappa shape index (κ1) is 14.1.